The Bertz CT molecular complexity index is 1590. The second-order valence-corrected chi connectivity index (χ2v) is 10.1. The van der Waals surface area contributed by atoms with Crippen LogP contribution in [0.5, 0.6) is 11.6 Å². The lowest BCUT2D eigenvalue weighted by molar-refractivity contribution is -0.141. The number of alkyl halides is 3. The molecule has 0 aliphatic carbocycles. The van der Waals surface area contributed by atoms with Crippen LogP contribution in [0.2, 0.25) is 5.02 Å². The van der Waals surface area contributed by atoms with Gasteiger partial charge >= 0.3 is 6.18 Å². The fourth-order valence-electron chi connectivity index (χ4n) is 4.41. The summed E-state index contributed by atoms with van der Waals surface area (Å²) in [4.78, 5) is 31.0. The van der Waals surface area contributed by atoms with Crippen LogP contribution in [0.15, 0.2) is 71.7 Å². The molecule has 1 aliphatic heterocycles. The highest BCUT2D eigenvalue weighted by atomic mass is 35.5. The van der Waals surface area contributed by atoms with Gasteiger partial charge in [0.05, 0.1) is 6.54 Å². The molecule has 4 aromatic rings. The Kier molecular flexibility index (Phi) is 8.83. The van der Waals surface area contributed by atoms with Crippen molar-refractivity contribution in [3.05, 3.63) is 99.1 Å². The van der Waals surface area contributed by atoms with E-state index in [-0.39, 0.29) is 42.1 Å². The Morgan fingerprint density at radius 3 is 2.38 bits per heavy atom. The van der Waals surface area contributed by atoms with Crippen LogP contribution in [0.25, 0.3) is 0 Å². The molecule has 1 saturated heterocycles. The van der Waals surface area contributed by atoms with Gasteiger partial charge in [-0.25, -0.2) is 4.98 Å². The predicted octanol–water partition coefficient (Wildman–Crippen LogP) is 5.83. The van der Waals surface area contributed by atoms with Crippen molar-refractivity contribution in [2.75, 3.05) is 18.5 Å². The maximum atomic E-state index is 13.6. The van der Waals surface area contributed by atoms with Gasteiger partial charge in [0.25, 0.3) is 5.56 Å². The Morgan fingerprint density at radius 2 is 1.74 bits per heavy atom. The molecule has 1 aliphatic rings. The first-order valence-corrected chi connectivity index (χ1v) is 13.4. The van der Waals surface area contributed by atoms with E-state index in [1.165, 1.54) is 10.8 Å². The fraction of sp³-hybridized carbons (Fsp3) is 0.276. The topological polar surface area (TPSA) is 108 Å². The Morgan fingerprint density at radius 1 is 1.02 bits per heavy atom. The maximum absolute atomic E-state index is 13.6. The van der Waals surface area contributed by atoms with Gasteiger partial charge in [-0.05, 0) is 60.9 Å². The molecule has 9 nitrogen and oxygen atoms in total. The number of Topliss-reactive ketones (excluding diaryl/α,β-unsaturated/α-hetero) is 1. The second kappa shape index (κ2) is 12.7. The number of benzene rings is 2. The van der Waals surface area contributed by atoms with Crippen LogP contribution >= 0.6 is 11.6 Å². The largest absolute Gasteiger partial charge is 0.438 e. The molecule has 218 valence electrons. The Labute approximate surface area is 243 Å². The Hall–Kier alpha value is -4.29. The van der Waals surface area contributed by atoms with E-state index in [9.17, 15) is 22.8 Å². The summed E-state index contributed by atoms with van der Waals surface area (Å²) in [6.07, 6.45) is -1.93. The van der Waals surface area contributed by atoms with Crippen molar-refractivity contribution >= 4 is 29.0 Å². The van der Waals surface area contributed by atoms with Gasteiger partial charge in [0.15, 0.2) is 5.69 Å². The van der Waals surface area contributed by atoms with Gasteiger partial charge < -0.3 is 14.8 Å². The van der Waals surface area contributed by atoms with E-state index in [2.05, 4.69) is 20.5 Å². The summed E-state index contributed by atoms with van der Waals surface area (Å²) in [5.41, 5.74) is 0.200. The van der Waals surface area contributed by atoms with E-state index in [1.807, 2.05) is 0 Å². The molecule has 5 rings (SSSR count). The molecule has 1 fully saturated rings. The zero-order valence-corrected chi connectivity index (χ0v) is 22.9. The van der Waals surface area contributed by atoms with Gasteiger partial charge in [-0.15, -0.1) is 10.2 Å². The highest BCUT2D eigenvalue weighted by Gasteiger charge is 2.33. The van der Waals surface area contributed by atoms with Crippen LogP contribution in [0.4, 0.5) is 24.8 Å². The van der Waals surface area contributed by atoms with Gasteiger partial charge in [0, 0.05) is 54.1 Å². The molecule has 0 bridgehead atoms. The SMILES string of the molecule is O=C(Cc1cnc(Nc2ccc(Oc3ccc(C(F)(F)F)nn3)cc2)n(Cc2ccc(Cl)cc2)c1=O)C1CCOCC1. The number of anilines is 2. The molecule has 2 aromatic carbocycles. The first-order valence-electron chi connectivity index (χ1n) is 13.1. The monoisotopic (exact) mass is 599 g/mol. The van der Waals surface area contributed by atoms with Gasteiger partial charge in [0.2, 0.25) is 11.8 Å². The summed E-state index contributed by atoms with van der Waals surface area (Å²) in [6, 6.07) is 15.3. The molecule has 0 atom stereocenters. The first-order chi connectivity index (χ1) is 20.2. The molecule has 13 heteroatoms. The van der Waals surface area contributed by atoms with Crippen LogP contribution in [0, 0.1) is 5.92 Å². The third kappa shape index (κ3) is 7.31. The standard InChI is InChI=1S/C29H25ClF3N5O4/c30-21-3-1-18(2-4-21)17-38-27(40)20(15-24(39)19-11-13-41-14-12-19)16-34-28(38)35-22-5-7-23(8-6-22)42-26-10-9-25(36-37-26)29(31,32)33/h1-10,16,19H,11-15,17H2,(H,34,35). The van der Waals surface area contributed by atoms with Crippen molar-refractivity contribution in [3.63, 3.8) is 0 Å². The molecule has 42 heavy (non-hydrogen) atoms. The van der Waals surface area contributed by atoms with E-state index in [4.69, 9.17) is 21.1 Å². The number of carbonyl (C=O) groups is 1. The molecular weight excluding hydrogens is 575 g/mol. The van der Waals surface area contributed by atoms with Crippen LogP contribution in [0.1, 0.15) is 29.7 Å². The van der Waals surface area contributed by atoms with Crippen molar-refractivity contribution < 1.29 is 27.4 Å². The minimum atomic E-state index is -4.60. The summed E-state index contributed by atoms with van der Waals surface area (Å²) >= 11 is 6.03. The van der Waals surface area contributed by atoms with Crippen molar-refractivity contribution in [2.45, 2.75) is 32.0 Å². The third-order valence-corrected chi connectivity index (χ3v) is 6.93. The number of nitrogens with zero attached hydrogens (tertiary/aromatic N) is 4. The van der Waals surface area contributed by atoms with Gasteiger partial charge in [-0.1, -0.05) is 23.7 Å². The van der Waals surface area contributed by atoms with Crippen molar-refractivity contribution in [3.8, 4) is 11.6 Å². The Balaban J connectivity index is 1.35. The fourth-order valence-corrected chi connectivity index (χ4v) is 4.53. The van der Waals surface area contributed by atoms with Gasteiger partial charge in [-0.2, -0.15) is 13.2 Å². The lowest BCUT2D eigenvalue weighted by Gasteiger charge is -2.21. The molecule has 0 radical (unpaired) electrons. The minimum absolute atomic E-state index is 0.00993. The molecule has 0 unspecified atom stereocenters. The number of nitrogens with one attached hydrogen (secondary N) is 1. The normalized spacial score (nSPS) is 14.0. The highest BCUT2D eigenvalue weighted by molar-refractivity contribution is 6.30. The zero-order valence-electron chi connectivity index (χ0n) is 22.1. The first kappa shape index (κ1) is 29.2. The molecule has 0 amide bonds. The summed E-state index contributed by atoms with van der Waals surface area (Å²) in [5.74, 6) is 0.301. The van der Waals surface area contributed by atoms with Gasteiger partial charge in [0.1, 0.15) is 11.5 Å². The van der Waals surface area contributed by atoms with E-state index < -0.39 is 11.9 Å². The van der Waals surface area contributed by atoms with E-state index in [1.54, 1.807) is 48.5 Å². The van der Waals surface area contributed by atoms with E-state index in [0.29, 0.717) is 48.1 Å². The molecular formula is C29H25ClF3N5O4. The predicted molar refractivity (Wildman–Crippen MR) is 148 cm³/mol. The molecule has 0 saturated carbocycles. The number of carbonyl (C=O) groups excluding carboxylic acids is 1. The van der Waals surface area contributed by atoms with Crippen LogP contribution in [-0.4, -0.2) is 38.7 Å². The molecule has 2 aromatic heterocycles. The second-order valence-electron chi connectivity index (χ2n) is 9.66. The summed E-state index contributed by atoms with van der Waals surface area (Å²) < 4.78 is 50.4. The lowest BCUT2D eigenvalue weighted by atomic mass is 9.92. The van der Waals surface area contributed by atoms with Crippen LogP contribution in [0.3, 0.4) is 0 Å². The number of halogens is 4. The smallest absolute Gasteiger partial charge is 0.435 e. The highest BCUT2D eigenvalue weighted by Crippen LogP contribution is 2.29. The number of ether oxygens (including phenoxy) is 2. The van der Waals surface area contributed by atoms with Crippen molar-refractivity contribution in [2.24, 2.45) is 5.92 Å². The van der Waals surface area contributed by atoms with Gasteiger partial charge in [-0.3, -0.25) is 14.2 Å². The van der Waals surface area contributed by atoms with E-state index >= 15 is 0 Å². The zero-order chi connectivity index (χ0) is 29.7. The molecule has 0 spiro atoms. The summed E-state index contributed by atoms with van der Waals surface area (Å²) in [5, 5.41) is 10.3. The minimum Gasteiger partial charge on any atom is -0.438 e. The third-order valence-electron chi connectivity index (χ3n) is 6.68. The average Bonchev–Trinajstić information content (AvgIpc) is 2.98. The number of hydrogen-bond acceptors (Lipinski definition) is 8. The van der Waals surface area contributed by atoms with Crippen molar-refractivity contribution in [1.29, 1.82) is 0 Å². The molecule has 1 N–H and O–H groups in total. The lowest BCUT2D eigenvalue weighted by Crippen LogP contribution is -2.31. The quantitative estimate of drug-likeness (QED) is 0.256. The van der Waals surface area contributed by atoms with Crippen LogP contribution < -0.4 is 15.6 Å². The number of aromatic nitrogens is 4. The maximum Gasteiger partial charge on any atom is 0.435 e. The van der Waals surface area contributed by atoms with Crippen LogP contribution in [-0.2, 0) is 28.7 Å². The summed E-state index contributed by atoms with van der Waals surface area (Å²) in [6.45, 7) is 1.23. The average molecular weight is 600 g/mol. The number of ketones is 1. The van der Waals surface area contributed by atoms with Crippen molar-refractivity contribution in [1.82, 2.24) is 19.7 Å². The van der Waals surface area contributed by atoms with E-state index in [0.717, 1.165) is 17.7 Å². The number of hydrogen-bond donors (Lipinski definition) is 1. The molecule has 3 heterocycles. The number of rotatable bonds is 9. The summed E-state index contributed by atoms with van der Waals surface area (Å²) in [7, 11) is 0.